The smallest absolute Gasteiger partial charge is 0.270 e. The average Bonchev–Trinajstić information content (AvgIpc) is 2.98. The van der Waals surface area contributed by atoms with Gasteiger partial charge in [-0.3, -0.25) is 14.6 Å². The highest BCUT2D eigenvalue weighted by Crippen LogP contribution is 2.23. The van der Waals surface area contributed by atoms with Crippen LogP contribution in [0.25, 0.3) is 0 Å². The molecule has 0 spiro atoms. The lowest BCUT2D eigenvalue weighted by molar-refractivity contribution is -0.527. The van der Waals surface area contributed by atoms with Crippen LogP contribution in [0.3, 0.4) is 0 Å². The van der Waals surface area contributed by atoms with E-state index in [-0.39, 0.29) is 18.5 Å². The lowest BCUT2D eigenvalue weighted by Gasteiger charge is -2.34. The number of hydrazone groups is 1. The van der Waals surface area contributed by atoms with E-state index in [0.717, 1.165) is 11.3 Å². The van der Waals surface area contributed by atoms with E-state index >= 15 is 0 Å². The molecule has 1 aromatic rings. The number of rotatable bonds is 2. The predicted molar refractivity (Wildman–Crippen MR) is 92.4 cm³/mol. The molecule has 8 nitrogen and oxygen atoms in total. The molecule has 4 rings (SSSR count). The number of hydrogen-bond acceptors (Lipinski definition) is 5. The van der Waals surface area contributed by atoms with Gasteiger partial charge in [-0.15, -0.1) is 10.1 Å². The standard InChI is InChI=1S/C17H19N6O2/c1-11-9-22-13-14(18-16(22)21(3)19-11)20(2)17(25)23(15(13)24)10-12-7-5-4-6-8-12/h4-8,13H,9-10H2,1-3H3/q+1. The molecule has 1 aromatic carbocycles. The van der Waals surface area contributed by atoms with Gasteiger partial charge in [0.15, 0.2) is 0 Å². The lowest BCUT2D eigenvalue weighted by atomic mass is 10.1. The monoisotopic (exact) mass is 339 g/mol. The molecule has 1 atom stereocenters. The summed E-state index contributed by atoms with van der Waals surface area (Å²) in [7, 11) is 3.45. The molecule has 0 aromatic heterocycles. The van der Waals surface area contributed by atoms with Gasteiger partial charge >= 0.3 is 12.0 Å². The van der Waals surface area contributed by atoms with Crippen LogP contribution in [0.2, 0.25) is 0 Å². The Morgan fingerprint density at radius 3 is 2.64 bits per heavy atom. The van der Waals surface area contributed by atoms with E-state index in [1.807, 2.05) is 41.8 Å². The van der Waals surface area contributed by atoms with Gasteiger partial charge in [0, 0.05) is 7.05 Å². The molecule has 8 heteroatoms. The fourth-order valence-corrected chi connectivity index (χ4v) is 3.42. The van der Waals surface area contributed by atoms with Crippen molar-refractivity contribution >= 4 is 29.4 Å². The molecule has 1 unspecified atom stereocenters. The van der Waals surface area contributed by atoms with Gasteiger partial charge in [0.25, 0.3) is 5.91 Å². The van der Waals surface area contributed by atoms with Crippen LogP contribution in [0.5, 0.6) is 0 Å². The Hall–Kier alpha value is -3.03. The van der Waals surface area contributed by atoms with Crippen LogP contribution in [0, 0.1) is 0 Å². The van der Waals surface area contributed by atoms with Gasteiger partial charge in [-0.1, -0.05) is 35.3 Å². The second-order valence-electron chi connectivity index (χ2n) is 6.41. The van der Waals surface area contributed by atoms with E-state index in [2.05, 4.69) is 10.1 Å². The van der Waals surface area contributed by atoms with Crippen molar-refractivity contribution in [1.82, 2.24) is 14.8 Å². The average molecular weight is 339 g/mol. The van der Waals surface area contributed by atoms with Gasteiger partial charge < -0.3 is 0 Å². The molecule has 0 bridgehead atoms. The highest BCUT2D eigenvalue weighted by molar-refractivity contribution is 6.23. The largest absolute Gasteiger partial charge is 0.416 e. The predicted octanol–water partition coefficient (Wildman–Crippen LogP) is 0.551. The summed E-state index contributed by atoms with van der Waals surface area (Å²) in [6.45, 7) is 2.68. The van der Waals surface area contributed by atoms with E-state index in [0.29, 0.717) is 18.3 Å². The van der Waals surface area contributed by atoms with Gasteiger partial charge in [0.05, 0.1) is 19.3 Å². The quantitative estimate of drug-likeness (QED) is 0.739. The number of nitrogens with zero attached hydrogens (tertiary/aromatic N) is 6. The number of hydrogen-bond donors (Lipinski definition) is 0. The second-order valence-corrected chi connectivity index (χ2v) is 6.41. The number of carbonyl (C=O) groups excluding carboxylic acids is 2. The van der Waals surface area contributed by atoms with E-state index in [9.17, 15) is 9.59 Å². The van der Waals surface area contributed by atoms with Crippen molar-refractivity contribution in [2.45, 2.75) is 19.5 Å². The Kier molecular flexibility index (Phi) is 3.41. The third-order valence-electron chi connectivity index (χ3n) is 4.58. The minimum Gasteiger partial charge on any atom is -0.270 e. The molecule has 0 aliphatic carbocycles. The van der Waals surface area contributed by atoms with Gasteiger partial charge in [-0.25, -0.2) is 9.37 Å². The third-order valence-corrected chi connectivity index (χ3v) is 4.58. The molecule has 0 N–H and O–H groups in total. The molecule has 1 saturated heterocycles. The molecule has 0 saturated carbocycles. The van der Waals surface area contributed by atoms with Crippen molar-refractivity contribution in [3.63, 3.8) is 0 Å². The summed E-state index contributed by atoms with van der Waals surface area (Å²) >= 11 is 0. The van der Waals surface area contributed by atoms with Crippen LogP contribution < -0.4 is 0 Å². The molecule has 25 heavy (non-hydrogen) atoms. The number of benzene rings is 1. The normalized spacial score (nSPS) is 22.8. The van der Waals surface area contributed by atoms with Gasteiger partial charge in [-0.05, 0) is 12.5 Å². The molecular formula is C17H19N6O2+. The highest BCUT2D eigenvalue weighted by Gasteiger charge is 2.54. The summed E-state index contributed by atoms with van der Waals surface area (Å²) < 4.78 is 1.90. The van der Waals surface area contributed by atoms with Crippen molar-refractivity contribution in [2.24, 2.45) is 10.1 Å². The van der Waals surface area contributed by atoms with Gasteiger partial charge in [0.1, 0.15) is 6.54 Å². The minimum absolute atomic E-state index is 0.246. The number of carbonyl (C=O) groups is 2. The summed E-state index contributed by atoms with van der Waals surface area (Å²) in [6, 6.07) is 8.56. The van der Waals surface area contributed by atoms with E-state index < -0.39 is 6.04 Å². The topological polar surface area (TPSA) is 71.6 Å². The Balaban J connectivity index is 1.70. The number of fused-ring (bicyclic) bond motifs is 2. The molecule has 3 aliphatic rings. The molecule has 3 heterocycles. The zero-order valence-corrected chi connectivity index (χ0v) is 14.4. The summed E-state index contributed by atoms with van der Waals surface area (Å²) in [5.41, 5.74) is 1.80. The Labute approximate surface area is 145 Å². The molecule has 3 aliphatic heterocycles. The van der Waals surface area contributed by atoms with Crippen molar-refractivity contribution in [1.29, 1.82) is 0 Å². The Bertz CT molecular complexity index is 857. The number of aliphatic imine (C=N–C) groups is 1. The first-order valence-corrected chi connectivity index (χ1v) is 8.10. The number of guanidine groups is 1. The van der Waals surface area contributed by atoms with Crippen LogP contribution in [0.4, 0.5) is 4.79 Å². The third kappa shape index (κ3) is 2.33. The second kappa shape index (κ2) is 5.51. The summed E-state index contributed by atoms with van der Waals surface area (Å²) in [4.78, 5) is 33.1. The van der Waals surface area contributed by atoms with Crippen LogP contribution in [-0.2, 0) is 11.3 Å². The van der Waals surface area contributed by atoms with Gasteiger partial charge in [0.2, 0.25) is 11.9 Å². The van der Waals surface area contributed by atoms with E-state index in [4.69, 9.17) is 0 Å². The fourth-order valence-electron chi connectivity index (χ4n) is 3.42. The number of amidine groups is 1. The summed E-state index contributed by atoms with van der Waals surface area (Å²) in [5, 5.41) is 6.03. The highest BCUT2D eigenvalue weighted by atomic mass is 16.2. The van der Waals surface area contributed by atoms with Crippen molar-refractivity contribution in [3.8, 4) is 0 Å². The zero-order valence-electron chi connectivity index (χ0n) is 14.4. The number of urea groups is 1. The first-order chi connectivity index (χ1) is 12.0. The number of imide groups is 1. The molecule has 3 amide bonds. The zero-order chi connectivity index (χ0) is 17.7. The van der Waals surface area contributed by atoms with Gasteiger partial charge in [-0.2, -0.15) is 0 Å². The van der Waals surface area contributed by atoms with Crippen molar-refractivity contribution < 1.29 is 14.2 Å². The van der Waals surface area contributed by atoms with Crippen LogP contribution in [-0.4, -0.2) is 75.5 Å². The first kappa shape index (κ1) is 15.5. The maximum Gasteiger partial charge on any atom is 0.416 e. The Morgan fingerprint density at radius 1 is 1.20 bits per heavy atom. The summed E-state index contributed by atoms with van der Waals surface area (Å²) in [5.74, 6) is 0.815. The maximum absolute atomic E-state index is 13.1. The molecule has 128 valence electrons. The van der Waals surface area contributed by atoms with Crippen molar-refractivity contribution in [2.75, 3.05) is 20.6 Å². The van der Waals surface area contributed by atoms with E-state index in [1.54, 1.807) is 19.1 Å². The lowest BCUT2D eigenvalue weighted by Crippen LogP contribution is -2.63. The first-order valence-electron chi connectivity index (χ1n) is 8.10. The fraction of sp³-hybridized carbons (Fsp3) is 0.353. The van der Waals surface area contributed by atoms with Crippen LogP contribution in [0.1, 0.15) is 12.5 Å². The van der Waals surface area contributed by atoms with Crippen molar-refractivity contribution in [3.05, 3.63) is 35.9 Å². The number of likely N-dealkylation sites (N-methyl/N-ethyl adjacent to an activating group) is 1. The Morgan fingerprint density at radius 2 is 1.92 bits per heavy atom. The number of amides is 3. The van der Waals surface area contributed by atoms with Crippen LogP contribution >= 0.6 is 0 Å². The minimum atomic E-state index is -0.589. The SMILES string of the molecule is CC1=NN(C)C2=[N+](C1)C1C(=O)N(Cc3ccccc3)C(=O)N(C)C1=N2. The van der Waals surface area contributed by atoms with Crippen LogP contribution in [0.15, 0.2) is 40.4 Å². The molecule has 1 fully saturated rings. The maximum atomic E-state index is 13.1. The summed E-state index contributed by atoms with van der Waals surface area (Å²) in [6.07, 6.45) is 0. The van der Waals surface area contributed by atoms with E-state index in [1.165, 1.54) is 9.80 Å². The molecule has 0 radical (unpaired) electrons. The molecular weight excluding hydrogens is 320 g/mol.